The summed E-state index contributed by atoms with van der Waals surface area (Å²) in [5.74, 6) is 1.58. The molecule has 3 aliphatic rings. The fourth-order valence-electron chi connectivity index (χ4n) is 7.80. The number of nitrogens with zero attached hydrogens (tertiary/aromatic N) is 3. The first-order chi connectivity index (χ1) is 22.2. The Labute approximate surface area is 269 Å². The van der Waals surface area contributed by atoms with Crippen LogP contribution in [0.25, 0.3) is 10.9 Å². The summed E-state index contributed by atoms with van der Waals surface area (Å²) in [7, 11) is 0.418. The van der Waals surface area contributed by atoms with E-state index in [0.717, 1.165) is 53.6 Å². The second kappa shape index (κ2) is 13.6. The van der Waals surface area contributed by atoms with Crippen molar-refractivity contribution in [1.82, 2.24) is 14.8 Å². The van der Waals surface area contributed by atoms with Crippen molar-refractivity contribution < 1.29 is 4.79 Å². The molecule has 5 heteroatoms. The van der Waals surface area contributed by atoms with Crippen molar-refractivity contribution in [2.45, 2.75) is 44.7 Å². The molecule has 3 fully saturated rings. The molecule has 2 bridgehead atoms. The number of para-hydroxylation sites is 1. The number of hydrogen-bond donors (Lipinski definition) is 0. The summed E-state index contributed by atoms with van der Waals surface area (Å²) >= 11 is 0. The zero-order chi connectivity index (χ0) is 30.6. The van der Waals surface area contributed by atoms with Crippen LogP contribution < -0.4 is 10.6 Å². The second-order valence-corrected chi connectivity index (χ2v) is 14.0. The van der Waals surface area contributed by atoms with E-state index in [1.807, 2.05) is 18.3 Å². The van der Waals surface area contributed by atoms with E-state index >= 15 is 4.79 Å². The van der Waals surface area contributed by atoms with Gasteiger partial charge < -0.3 is 4.90 Å². The van der Waals surface area contributed by atoms with Gasteiger partial charge in [0.05, 0.1) is 11.6 Å². The highest BCUT2D eigenvalue weighted by molar-refractivity contribution is 7.55. The van der Waals surface area contributed by atoms with Crippen LogP contribution in [-0.4, -0.2) is 46.4 Å². The van der Waals surface area contributed by atoms with Gasteiger partial charge >= 0.3 is 0 Å². The monoisotopic (exact) mass is 611 g/mol. The normalized spacial score (nSPS) is 21.7. The second-order valence-electron chi connectivity index (χ2n) is 12.6. The maximum absolute atomic E-state index is 15.2. The standard InChI is InChI=1S/C40H42N3OP/c1-2-30-28-42-25-23-31(30)27-37(42)39(34-21-24-41-36-19-11-9-17-33(34)36)43(26-22-29-13-5-3-6-14-29)40(44)35-18-10-12-20-38(35)45-32-15-7-4-8-16-32/h3-21,24,30-31,37,39,45H,2,22-23,25-28H2,1H3/t30-,31+,37-,39-/m1/s1. The number of carbonyl (C=O) groups is 1. The minimum Gasteiger partial charge on any atom is -0.330 e. The van der Waals surface area contributed by atoms with E-state index in [1.54, 1.807) is 0 Å². The van der Waals surface area contributed by atoms with Crippen LogP contribution in [0.2, 0.25) is 0 Å². The fraction of sp³-hybridized carbons (Fsp3) is 0.300. The molecule has 5 aromatic rings. The summed E-state index contributed by atoms with van der Waals surface area (Å²) in [5, 5.41) is 3.50. The SMILES string of the molecule is CC[C@@H]1C[N@]2CC[C@H]1C[C@@H]2[C@@H](c1ccnc2ccccc12)N(CCc1ccccc1)C(=O)c1ccccc1Pc1ccccc1. The number of rotatable bonds is 10. The molecule has 0 saturated carbocycles. The molecule has 8 rings (SSSR count). The molecule has 0 radical (unpaired) electrons. The van der Waals surface area contributed by atoms with Crippen LogP contribution in [0.15, 0.2) is 121 Å². The number of aromatic nitrogens is 1. The smallest absolute Gasteiger partial charge is 0.255 e. The van der Waals surface area contributed by atoms with Crippen LogP contribution in [0.1, 0.15) is 53.7 Å². The van der Waals surface area contributed by atoms with Gasteiger partial charge in [0.15, 0.2) is 0 Å². The van der Waals surface area contributed by atoms with Crippen LogP contribution in [0, 0.1) is 11.8 Å². The van der Waals surface area contributed by atoms with Crippen LogP contribution in [0.5, 0.6) is 0 Å². The third-order valence-corrected chi connectivity index (χ3v) is 11.4. The summed E-state index contributed by atoms with van der Waals surface area (Å²) in [6, 6.07) is 40.3. The zero-order valence-electron chi connectivity index (χ0n) is 26.1. The van der Waals surface area contributed by atoms with Crippen LogP contribution in [-0.2, 0) is 6.42 Å². The van der Waals surface area contributed by atoms with Crippen molar-refractivity contribution in [2.24, 2.45) is 11.8 Å². The number of hydrogen-bond acceptors (Lipinski definition) is 3. The van der Waals surface area contributed by atoms with Gasteiger partial charge in [-0.25, -0.2) is 0 Å². The molecule has 6 atom stereocenters. The van der Waals surface area contributed by atoms with Crippen molar-refractivity contribution in [3.05, 3.63) is 138 Å². The van der Waals surface area contributed by atoms with Crippen molar-refractivity contribution in [3.63, 3.8) is 0 Å². The molecule has 4 nitrogen and oxygen atoms in total. The summed E-state index contributed by atoms with van der Waals surface area (Å²) in [6.07, 6.45) is 6.37. The number of carbonyl (C=O) groups excluding carboxylic acids is 1. The third-order valence-electron chi connectivity index (χ3n) is 10.1. The molecule has 1 aromatic heterocycles. The Morgan fingerprint density at radius 3 is 2.42 bits per heavy atom. The molecule has 3 aliphatic heterocycles. The van der Waals surface area contributed by atoms with Crippen molar-refractivity contribution in [3.8, 4) is 0 Å². The van der Waals surface area contributed by atoms with Gasteiger partial charge in [-0.05, 0) is 77.6 Å². The lowest BCUT2D eigenvalue weighted by Gasteiger charge is -2.54. The quantitative estimate of drug-likeness (QED) is 0.154. The van der Waals surface area contributed by atoms with Crippen LogP contribution in [0.3, 0.4) is 0 Å². The Bertz CT molecular complexity index is 1740. The summed E-state index contributed by atoms with van der Waals surface area (Å²) in [6.45, 7) is 5.23. The highest BCUT2D eigenvalue weighted by atomic mass is 31.1. The molecule has 4 aromatic carbocycles. The van der Waals surface area contributed by atoms with Gasteiger partial charge in [0.25, 0.3) is 5.91 Å². The van der Waals surface area contributed by atoms with Crippen molar-refractivity contribution in [2.75, 3.05) is 19.6 Å². The largest absolute Gasteiger partial charge is 0.330 e. The first-order valence-corrected chi connectivity index (χ1v) is 17.5. The maximum atomic E-state index is 15.2. The lowest BCUT2D eigenvalue weighted by atomic mass is 9.71. The first kappa shape index (κ1) is 29.8. The Kier molecular flexibility index (Phi) is 9.05. The third kappa shape index (κ3) is 6.32. The number of fused-ring (bicyclic) bond motifs is 4. The predicted molar refractivity (Wildman–Crippen MR) is 188 cm³/mol. The molecule has 0 spiro atoms. The highest BCUT2D eigenvalue weighted by Gasteiger charge is 2.46. The molecule has 3 saturated heterocycles. The van der Waals surface area contributed by atoms with Gasteiger partial charge in [-0.2, -0.15) is 0 Å². The van der Waals surface area contributed by atoms with Crippen LogP contribution in [0.4, 0.5) is 0 Å². The maximum Gasteiger partial charge on any atom is 0.255 e. The number of piperidine rings is 3. The van der Waals surface area contributed by atoms with Gasteiger partial charge in [0, 0.05) is 36.3 Å². The van der Waals surface area contributed by atoms with Crippen LogP contribution >= 0.6 is 8.58 Å². The average molecular weight is 612 g/mol. The van der Waals surface area contributed by atoms with Gasteiger partial charge in [-0.3, -0.25) is 14.7 Å². The molecule has 1 amide bonds. The average Bonchev–Trinajstić information content (AvgIpc) is 3.11. The molecular weight excluding hydrogens is 569 g/mol. The Balaban J connectivity index is 1.35. The minimum absolute atomic E-state index is 0.0807. The van der Waals surface area contributed by atoms with E-state index in [0.29, 0.717) is 21.0 Å². The molecule has 0 N–H and O–H groups in total. The molecule has 0 aliphatic carbocycles. The minimum atomic E-state index is -0.0807. The molecular formula is C40H42N3OP. The molecule has 228 valence electrons. The topological polar surface area (TPSA) is 36.4 Å². The van der Waals surface area contributed by atoms with E-state index < -0.39 is 0 Å². The fourth-order valence-corrected chi connectivity index (χ4v) is 8.98. The first-order valence-electron chi connectivity index (χ1n) is 16.5. The van der Waals surface area contributed by atoms with E-state index in [2.05, 4.69) is 120 Å². The van der Waals surface area contributed by atoms with Gasteiger partial charge in [0.2, 0.25) is 0 Å². The van der Waals surface area contributed by atoms with E-state index in [4.69, 9.17) is 4.98 Å². The summed E-state index contributed by atoms with van der Waals surface area (Å²) in [4.78, 5) is 24.9. The molecule has 45 heavy (non-hydrogen) atoms. The zero-order valence-corrected chi connectivity index (χ0v) is 27.1. The van der Waals surface area contributed by atoms with Gasteiger partial charge in [-0.15, -0.1) is 0 Å². The Hall–Kier alpha value is -3.85. The Morgan fingerprint density at radius 2 is 1.64 bits per heavy atom. The number of benzene rings is 4. The Morgan fingerprint density at radius 1 is 0.911 bits per heavy atom. The molecule has 4 heterocycles. The lowest BCUT2D eigenvalue weighted by molar-refractivity contribution is -0.0362. The van der Waals surface area contributed by atoms with Gasteiger partial charge in [-0.1, -0.05) is 119 Å². The summed E-state index contributed by atoms with van der Waals surface area (Å²) in [5.41, 5.74) is 4.28. The van der Waals surface area contributed by atoms with Crippen molar-refractivity contribution >= 4 is 36.0 Å². The van der Waals surface area contributed by atoms with Gasteiger partial charge in [0.1, 0.15) is 0 Å². The predicted octanol–water partition coefficient (Wildman–Crippen LogP) is 7.41. The number of amides is 1. The van der Waals surface area contributed by atoms with E-state index in [-0.39, 0.29) is 18.0 Å². The number of pyridine rings is 1. The van der Waals surface area contributed by atoms with Crippen molar-refractivity contribution in [1.29, 1.82) is 0 Å². The molecule has 1 unspecified atom stereocenters. The highest BCUT2D eigenvalue weighted by Crippen LogP contribution is 2.45. The van der Waals surface area contributed by atoms with E-state index in [9.17, 15) is 0 Å². The lowest BCUT2D eigenvalue weighted by Crippen LogP contribution is -2.58. The van der Waals surface area contributed by atoms with E-state index in [1.165, 1.54) is 29.3 Å². The summed E-state index contributed by atoms with van der Waals surface area (Å²) < 4.78 is 0.